The molecule has 0 saturated carbocycles. The van der Waals surface area contributed by atoms with Crippen molar-refractivity contribution in [3.05, 3.63) is 59.3 Å². The molecule has 1 amide bonds. The Morgan fingerprint density at radius 1 is 1.32 bits per heavy atom. The summed E-state index contributed by atoms with van der Waals surface area (Å²) in [6.45, 7) is -0.0437. The van der Waals surface area contributed by atoms with Gasteiger partial charge in [0.25, 0.3) is 12.3 Å². The van der Waals surface area contributed by atoms with Crippen molar-refractivity contribution in [1.29, 1.82) is 0 Å². The van der Waals surface area contributed by atoms with Crippen LogP contribution in [0.15, 0.2) is 43.1 Å². The fourth-order valence-electron chi connectivity index (χ4n) is 3.01. The van der Waals surface area contributed by atoms with Gasteiger partial charge in [0.05, 0.1) is 35.6 Å². The van der Waals surface area contributed by atoms with Gasteiger partial charge in [0.2, 0.25) is 0 Å². The Kier molecular flexibility index (Phi) is 7.08. The van der Waals surface area contributed by atoms with Crippen molar-refractivity contribution < 1.29 is 23.1 Å². The molecule has 0 radical (unpaired) electrons. The molecular weight excluding hydrogens is 437 g/mol. The molecule has 3 rings (SSSR count). The second-order valence-electron chi connectivity index (χ2n) is 7.11. The number of rotatable bonds is 9. The lowest BCUT2D eigenvalue weighted by molar-refractivity contribution is -0.0353. The van der Waals surface area contributed by atoms with Gasteiger partial charge in [-0.05, 0) is 19.1 Å². The van der Waals surface area contributed by atoms with Crippen LogP contribution in [-0.2, 0) is 0 Å². The number of aromatic nitrogens is 4. The Morgan fingerprint density at radius 2 is 2.10 bits per heavy atom. The quantitative estimate of drug-likeness (QED) is 0.456. The van der Waals surface area contributed by atoms with Gasteiger partial charge in [0.1, 0.15) is 5.60 Å². The maximum absolute atomic E-state index is 15.6. The van der Waals surface area contributed by atoms with E-state index in [1.165, 1.54) is 41.6 Å². The number of carbonyl (C=O) groups is 1. The van der Waals surface area contributed by atoms with Gasteiger partial charge in [-0.15, -0.1) is 0 Å². The zero-order valence-electron chi connectivity index (χ0n) is 16.3. The van der Waals surface area contributed by atoms with E-state index in [4.69, 9.17) is 11.6 Å². The molecule has 3 aromatic heterocycles. The number of alkyl halides is 3. The second-order valence-corrected chi connectivity index (χ2v) is 7.55. The van der Waals surface area contributed by atoms with Crippen LogP contribution in [-0.4, -0.2) is 61.9 Å². The topological polar surface area (TPSA) is 104 Å². The number of fused-ring (bicyclic) bond motifs is 1. The Balaban J connectivity index is 1.94. The lowest BCUT2D eigenvalue weighted by Gasteiger charge is -2.33. The zero-order chi connectivity index (χ0) is 22.6. The van der Waals surface area contributed by atoms with Gasteiger partial charge < -0.3 is 15.7 Å². The third-order valence-corrected chi connectivity index (χ3v) is 4.76. The first kappa shape index (κ1) is 22.9. The van der Waals surface area contributed by atoms with Crippen LogP contribution in [0.5, 0.6) is 0 Å². The second kappa shape index (κ2) is 9.58. The Bertz CT molecular complexity index is 1030. The minimum Gasteiger partial charge on any atom is -0.386 e. The molecule has 0 aromatic carbocycles. The molecule has 3 heterocycles. The molecule has 0 bridgehead atoms. The molecule has 8 nitrogen and oxygen atoms in total. The average molecular weight is 457 g/mol. The average Bonchev–Trinajstić information content (AvgIpc) is 3.14. The highest BCUT2D eigenvalue weighted by Crippen LogP contribution is 2.30. The van der Waals surface area contributed by atoms with Crippen molar-refractivity contribution >= 4 is 23.2 Å². The van der Waals surface area contributed by atoms with Gasteiger partial charge in [-0.2, -0.15) is 5.10 Å². The van der Waals surface area contributed by atoms with E-state index in [-0.39, 0.29) is 21.8 Å². The standard InChI is InChI=1S/C19H20ClF3N6O2/c1-19(31,10-25-8-14(21)22)16(23)15(28-18(30)11-3-2-4-24-5-11)13-7-27-29-9-12(20)6-26-17(13)29/h2-7,9,14-16,25,31H,8,10H2,1H3,(H,28,30)/t15-,16-,19-/m1/s1. The summed E-state index contributed by atoms with van der Waals surface area (Å²) in [6.07, 6.45) is 2.08. The van der Waals surface area contributed by atoms with Gasteiger partial charge in [-0.1, -0.05) is 11.6 Å². The van der Waals surface area contributed by atoms with Crippen molar-refractivity contribution in [2.75, 3.05) is 13.1 Å². The van der Waals surface area contributed by atoms with Crippen LogP contribution in [0.25, 0.3) is 5.65 Å². The number of amides is 1. The number of aliphatic hydroxyl groups is 1. The highest BCUT2D eigenvalue weighted by Gasteiger charge is 2.41. The summed E-state index contributed by atoms with van der Waals surface area (Å²) < 4.78 is 41.8. The molecule has 0 spiro atoms. The van der Waals surface area contributed by atoms with Crippen LogP contribution in [0, 0.1) is 0 Å². The molecule has 166 valence electrons. The van der Waals surface area contributed by atoms with Crippen LogP contribution in [0.4, 0.5) is 13.2 Å². The van der Waals surface area contributed by atoms with Crippen LogP contribution in [0.2, 0.25) is 5.02 Å². The molecule has 0 fully saturated rings. The summed E-state index contributed by atoms with van der Waals surface area (Å²) in [7, 11) is 0. The molecule has 3 atom stereocenters. The highest BCUT2D eigenvalue weighted by molar-refractivity contribution is 6.30. The number of halogens is 4. The van der Waals surface area contributed by atoms with Crippen molar-refractivity contribution in [3.8, 4) is 0 Å². The summed E-state index contributed by atoms with van der Waals surface area (Å²) >= 11 is 5.91. The van der Waals surface area contributed by atoms with Crippen molar-refractivity contribution in [2.24, 2.45) is 0 Å². The van der Waals surface area contributed by atoms with E-state index >= 15 is 4.39 Å². The van der Waals surface area contributed by atoms with Gasteiger partial charge >= 0.3 is 0 Å². The minimum absolute atomic E-state index is 0.169. The number of nitrogens with one attached hydrogen (secondary N) is 2. The molecule has 0 unspecified atom stereocenters. The summed E-state index contributed by atoms with van der Waals surface area (Å²) in [5.74, 6) is -0.648. The van der Waals surface area contributed by atoms with Crippen molar-refractivity contribution in [1.82, 2.24) is 30.2 Å². The molecule has 3 N–H and O–H groups in total. The SMILES string of the molecule is C[C@@](O)(CNCC(F)F)[C@H](F)[C@H](NC(=O)c1cccnc1)c1cnn2cc(Cl)cnc12. The molecule has 12 heteroatoms. The molecule has 0 saturated heterocycles. The highest BCUT2D eigenvalue weighted by atomic mass is 35.5. The van der Waals surface area contributed by atoms with E-state index < -0.39 is 43.2 Å². The maximum atomic E-state index is 15.6. The fourth-order valence-corrected chi connectivity index (χ4v) is 3.15. The molecule has 3 aromatic rings. The van der Waals surface area contributed by atoms with Crippen LogP contribution in [0.1, 0.15) is 28.9 Å². The number of hydrogen-bond acceptors (Lipinski definition) is 6. The van der Waals surface area contributed by atoms with E-state index in [0.29, 0.717) is 0 Å². The van der Waals surface area contributed by atoms with Gasteiger partial charge in [-0.25, -0.2) is 22.7 Å². The normalized spacial score (nSPS) is 15.6. The Labute approximate surface area is 180 Å². The fraction of sp³-hybridized carbons (Fsp3) is 0.368. The van der Waals surface area contributed by atoms with E-state index in [0.717, 1.165) is 6.92 Å². The van der Waals surface area contributed by atoms with Gasteiger partial charge in [0, 0.05) is 30.7 Å². The number of hydrogen-bond donors (Lipinski definition) is 3. The lowest BCUT2D eigenvalue weighted by atomic mass is 9.90. The first-order valence-corrected chi connectivity index (χ1v) is 9.62. The molecule has 0 aliphatic carbocycles. The summed E-state index contributed by atoms with van der Waals surface area (Å²) in [5, 5.41) is 19.9. The third kappa shape index (κ3) is 5.49. The first-order chi connectivity index (χ1) is 14.7. The van der Waals surface area contributed by atoms with E-state index in [2.05, 4.69) is 25.7 Å². The number of pyridine rings is 1. The number of nitrogens with zero attached hydrogens (tertiary/aromatic N) is 4. The predicted molar refractivity (Wildman–Crippen MR) is 107 cm³/mol. The van der Waals surface area contributed by atoms with Crippen LogP contribution < -0.4 is 10.6 Å². The largest absolute Gasteiger partial charge is 0.386 e. The Morgan fingerprint density at radius 3 is 2.77 bits per heavy atom. The molecular formula is C19H20ClF3N6O2. The maximum Gasteiger partial charge on any atom is 0.253 e. The lowest BCUT2D eigenvalue weighted by Crippen LogP contribution is -2.52. The molecule has 0 aliphatic rings. The minimum atomic E-state index is -2.66. The van der Waals surface area contributed by atoms with Gasteiger partial charge in [-0.3, -0.25) is 9.78 Å². The van der Waals surface area contributed by atoms with Crippen LogP contribution >= 0.6 is 11.6 Å². The molecule has 0 aliphatic heterocycles. The van der Waals surface area contributed by atoms with E-state index in [1.54, 1.807) is 6.07 Å². The zero-order valence-corrected chi connectivity index (χ0v) is 17.1. The summed E-state index contributed by atoms with van der Waals surface area (Å²) in [6, 6.07) is 1.63. The van der Waals surface area contributed by atoms with Crippen molar-refractivity contribution in [2.45, 2.75) is 31.2 Å². The van der Waals surface area contributed by atoms with E-state index in [1.807, 2.05) is 0 Å². The number of carbonyl (C=O) groups excluding carboxylic acids is 1. The molecule has 31 heavy (non-hydrogen) atoms. The predicted octanol–water partition coefficient (Wildman–Crippen LogP) is 2.19. The smallest absolute Gasteiger partial charge is 0.253 e. The summed E-state index contributed by atoms with van der Waals surface area (Å²) in [5.41, 5.74) is -1.55. The Hall–Kier alpha value is -2.76. The third-order valence-electron chi connectivity index (χ3n) is 4.57. The van der Waals surface area contributed by atoms with Crippen LogP contribution in [0.3, 0.4) is 0 Å². The van der Waals surface area contributed by atoms with Crippen molar-refractivity contribution in [3.63, 3.8) is 0 Å². The van der Waals surface area contributed by atoms with Gasteiger partial charge in [0.15, 0.2) is 11.8 Å². The van der Waals surface area contributed by atoms with E-state index in [9.17, 15) is 18.7 Å². The monoisotopic (exact) mass is 456 g/mol. The first-order valence-electron chi connectivity index (χ1n) is 9.24. The summed E-state index contributed by atoms with van der Waals surface area (Å²) in [4.78, 5) is 20.7.